The summed E-state index contributed by atoms with van der Waals surface area (Å²) in [5.74, 6) is 1.40. The van der Waals surface area contributed by atoms with Crippen molar-refractivity contribution in [3.63, 3.8) is 0 Å². The monoisotopic (exact) mass is 518 g/mol. The number of sulfonamides is 1. The van der Waals surface area contributed by atoms with Crippen molar-refractivity contribution in [2.24, 2.45) is 4.99 Å². The van der Waals surface area contributed by atoms with Gasteiger partial charge in [0.1, 0.15) is 12.4 Å². The van der Waals surface area contributed by atoms with Gasteiger partial charge in [-0.3, -0.25) is 4.99 Å². The number of nitrogens with zero attached hydrogens (tertiary/aromatic N) is 2. The zero-order valence-corrected chi connectivity index (χ0v) is 19.6. The van der Waals surface area contributed by atoms with Gasteiger partial charge in [-0.1, -0.05) is 11.6 Å². The maximum Gasteiger partial charge on any atom is 0.209 e. The molecule has 7 nitrogen and oxygen atoms in total. The van der Waals surface area contributed by atoms with Gasteiger partial charge in [0.2, 0.25) is 10.0 Å². The molecule has 150 valence electrons. The van der Waals surface area contributed by atoms with Gasteiger partial charge >= 0.3 is 0 Å². The van der Waals surface area contributed by atoms with Gasteiger partial charge in [0.15, 0.2) is 5.96 Å². The Morgan fingerprint density at radius 1 is 1.31 bits per heavy atom. The molecule has 1 rings (SSSR count). The fourth-order valence-corrected chi connectivity index (χ4v) is 3.36. The average Bonchev–Trinajstić information content (AvgIpc) is 2.47. The number of hydrogen-bond donors (Lipinski definition) is 2. The molecule has 0 amide bonds. The first-order valence-corrected chi connectivity index (χ1v) is 10.1. The van der Waals surface area contributed by atoms with E-state index in [9.17, 15) is 8.42 Å². The van der Waals surface area contributed by atoms with Gasteiger partial charge in [-0.15, -0.1) is 24.0 Å². The molecule has 1 aromatic carbocycles. The number of guanidine groups is 1. The third-order valence-corrected chi connectivity index (χ3v) is 4.41. The summed E-state index contributed by atoms with van der Waals surface area (Å²) in [6, 6.07) is 7.18. The molecule has 2 N–H and O–H groups in total. The predicted molar refractivity (Wildman–Crippen MR) is 118 cm³/mol. The Morgan fingerprint density at radius 2 is 1.88 bits per heavy atom. The highest BCUT2D eigenvalue weighted by Crippen LogP contribution is 2.15. The van der Waals surface area contributed by atoms with Crippen molar-refractivity contribution in [2.45, 2.75) is 19.4 Å². The number of benzene rings is 1. The fraction of sp³-hybridized carbons (Fsp3) is 0.562. The Kier molecular flexibility index (Phi) is 10.8. The van der Waals surface area contributed by atoms with Gasteiger partial charge < -0.3 is 15.0 Å². The van der Waals surface area contributed by atoms with E-state index in [1.807, 2.05) is 24.1 Å². The molecule has 0 saturated carbocycles. The van der Waals surface area contributed by atoms with E-state index in [2.05, 4.69) is 15.0 Å². The van der Waals surface area contributed by atoms with E-state index in [0.717, 1.165) is 12.0 Å². The number of ether oxygens (including phenoxy) is 1. The van der Waals surface area contributed by atoms with Gasteiger partial charge in [-0.25, -0.2) is 13.1 Å². The second-order valence-corrected chi connectivity index (χ2v) is 8.57. The molecule has 0 unspecified atom stereocenters. The zero-order chi connectivity index (χ0) is 19.1. The summed E-state index contributed by atoms with van der Waals surface area (Å²) in [7, 11) is 0.285. The first kappa shape index (κ1) is 25.2. The van der Waals surface area contributed by atoms with Crippen LogP contribution in [0.2, 0.25) is 5.02 Å². The number of likely N-dealkylation sites (N-methyl/N-ethyl adjacent to an activating group) is 1. The van der Waals surface area contributed by atoms with E-state index >= 15 is 0 Å². The molecule has 0 aliphatic heterocycles. The van der Waals surface area contributed by atoms with Crippen molar-refractivity contribution in [1.29, 1.82) is 0 Å². The van der Waals surface area contributed by atoms with Crippen molar-refractivity contribution in [3.8, 4) is 5.75 Å². The van der Waals surface area contributed by atoms with Crippen LogP contribution < -0.4 is 14.8 Å². The van der Waals surface area contributed by atoms with Crippen molar-refractivity contribution in [3.05, 3.63) is 29.3 Å². The topological polar surface area (TPSA) is 83.0 Å². The van der Waals surface area contributed by atoms with E-state index < -0.39 is 15.6 Å². The second-order valence-electron chi connectivity index (χ2n) is 6.38. The molecule has 0 saturated heterocycles. The van der Waals surface area contributed by atoms with Crippen molar-refractivity contribution < 1.29 is 13.2 Å². The van der Waals surface area contributed by atoms with Crippen LogP contribution in [0.25, 0.3) is 0 Å². The van der Waals surface area contributed by atoms with Crippen LogP contribution in [0.15, 0.2) is 29.3 Å². The summed E-state index contributed by atoms with van der Waals surface area (Å²) in [5, 5.41) is 3.83. The van der Waals surface area contributed by atoms with Crippen LogP contribution in [0.5, 0.6) is 5.75 Å². The predicted octanol–water partition coefficient (Wildman–Crippen LogP) is 2.17. The lowest BCUT2D eigenvalue weighted by Crippen LogP contribution is -2.53. The summed E-state index contributed by atoms with van der Waals surface area (Å²) in [6.07, 6.45) is 1.14. The Bertz CT molecular complexity index is 681. The lowest BCUT2D eigenvalue weighted by molar-refractivity contribution is 0.280. The Morgan fingerprint density at radius 3 is 2.38 bits per heavy atom. The van der Waals surface area contributed by atoms with Crippen LogP contribution in [0.3, 0.4) is 0 Å². The van der Waals surface area contributed by atoms with E-state index in [-0.39, 0.29) is 24.0 Å². The minimum Gasteiger partial charge on any atom is -0.492 e. The van der Waals surface area contributed by atoms with E-state index in [0.29, 0.717) is 30.7 Å². The Labute approximate surface area is 178 Å². The van der Waals surface area contributed by atoms with Crippen LogP contribution >= 0.6 is 35.6 Å². The molecular formula is C16H28ClIN4O3S. The Hall–Kier alpha value is -0.780. The highest BCUT2D eigenvalue weighted by atomic mass is 127. The minimum absolute atomic E-state index is 0. The van der Waals surface area contributed by atoms with Crippen LogP contribution in [0, 0.1) is 0 Å². The highest BCUT2D eigenvalue weighted by Gasteiger charge is 2.22. The van der Waals surface area contributed by atoms with Gasteiger partial charge in [-0.2, -0.15) is 0 Å². The molecule has 0 radical (unpaired) electrons. The molecule has 0 aliphatic carbocycles. The number of rotatable bonds is 8. The molecule has 0 heterocycles. The third kappa shape index (κ3) is 10.4. The summed E-state index contributed by atoms with van der Waals surface area (Å²) in [5.41, 5.74) is -0.635. The molecular weight excluding hydrogens is 491 g/mol. The normalized spacial score (nSPS) is 12.3. The van der Waals surface area contributed by atoms with Crippen LogP contribution in [0.1, 0.15) is 13.8 Å². The van der Waals surface area contributed by atoms with Crippen LogP contribution in [0.4, 0.5) is 0 Å². The molecule has 0 fully saturated rings. The third-order valence-electron chi connectivity index (χ3n) is 3.23. The molecule has 10 heteroatoms. The average molecular weight is 519 g/mol. The summed E-state index contributed by atoms with van der Waals surface area (Å²) >= 11 is 5.84. The minimum atomic E-state index is -3.28. The first-order valence-electron chi connectivity index (χ1n) is 7.81. The number of hydrogen-bond acceptors (Lipinski definition) is 4. The number of halogens is 2. The summed E-state index contributed by atoms with van der Waals surface area (Å²) in [6.45, 7) is 5.09. The van der Waals surface area contributed by atoms with E-state index in [1.54, 1.807) is 33.0 Å². The van der Waals surface area contributed by atoms with Crippen molar-refractivity contribution in [2.75, 3.05) is 40.0 Å². The quantitative estimate of drug-likeness (QED) is 0.313. The van der Waals surface area contributed by atoms with Gasteiger partial charge in [-0.05, 0) is 38.1 Å². The van der Waals surface area contributed by atoms with Crippen LogP contribution in [-0.4, -0.2) is 64.9 Å². The second kappa shape index (κ2) is 11.2. The van der Waals surface area contributed by atoms with E-state index in [4.69, 9.17) is 16.3 Å². The lowest BCUT2D eigenvalue weighted by atomic mass is 10.1. The van der Waals surface area contributed by atoms with Gasteiger partial charge in [0.05, 0.1) is 12.8 Å². The number of aliphatic imine (C=N–C) groups is 1. The lowest BCUT2D eigenvalue weighted by Gasteiger charge is -2.29. The molecule has 0 spiro atoms. The smallest absolute Gasteiger partial charge is 0.209 e. The largest absolute Gasteiger partial charge is 0.492 e. The number of nitrogens with one attached hydrogen (secondary N) is 2. The zero-order valence-electron chi connectivity index (χ0n) is 15.7. The van der Waals surface area contributed by atoms with E-state index in [1.165, 1.54) is 0 Å². The highest BCUT2D eigenvalue weighted by molar-refractivity contribution is 14.0. The summed E-state index contributed by atoms with van der Waals surface area (Å²) < 4.78 is 31.0. The fourth-order valence-electron chi connectivity index (χ4n) is 2.16. The van der Waals surface area contributed by atoms with Gasteiger partial charge in [0, 0.05) is 31.2 Å². The van der Waals surface area contributed by atoms with Crippen LogP contribution in [-0.2, 0) is 10.0 Å². The first-order chi connectivity index (χ1) is 11.5. The molecule has 0 aromatic heterocycles. The molecule has 0 aliphatic rings. The molecule has 0 atom stereocenters. The van der Waals surface area contributed by atoms with Gasteiger partial charge in [0.25, 0.3) is 0 Å². The molecule has 0 bridgehead atoms. The Balaban J connectivity index is 0.00000625. The maximum atomic E-state index is 11.4. The van der Waals surface area contributed by atoms with Crippen molar-refractivity contribution >= 4 is 51.6 Å². The summed E-state index contributed by atoms with van der Waals surface area (Å²) in [4.78, 5) is 6.12. The SMILES string of the molecule is CN=C(NCC(C)(C)NS(C)(=O)=O)N(C)CCOc1ccc(Cl)cc1.I. The maximum absolute atomic E-state index is 11.4. The van der Waals surface area contributed by atoms with Crippen molar-refractivity contribution in [1.82, 2.24) is 14.9 Å². The molecule has 26 heavy (non-hydrogen) atoms. The standard InChI is InChI=1S/C16H27ClN4O3S.HI/c1-16(2,20-25(5,22)23)12-19-15(18-3)21(4)10-11-24-14-8-6-13(17)7-9-14;/h6-9,20H,10-12H2,1-5H3,(H,18,19);1H. The molecule has 1 aromatic rings.